The minimum Gasteiger partial charge on any atom is -0.354 e. The van der Waals surface area contributed by atoms with Crippen LogP contribution in [0, 0.1) is 20.8 Å². The van der Waals surface area contributed by atoms with Crippen LogP contribution in [0.1, 0.15) is 55.4 Å². The first-order valence-electron chi connectivity index (χ1n) is 13.9. The van der Waals surface area contributed by atoms with E-state index in [9.17, 15) is 18.0 Å². The molecule has 0 saturated carbocycles. The van der Waals surface area contributed by atoms with Gasteiger partial charge in [0, 0.05) is 13.1 Å². The third-order valence-electron chi connectivity index (χ3n) is 7.06. The van der Waals surface area contributed by atoms with Crippen molar-refractivity contribution in [2.75, 3.05) is 17.4 Å². The standard InChI is InChI=1S/C32H41N3O4S/c1-6-8-20-33-32(37)29(7-2)34(22-27-15-13-12-14-25(27)4)31(36)23-35(30-21-24(3)18-19-26(30)5)40(38,39)28-16-10-9-11-17-28/h9-19,21,29H,6-8,20,22-23H2,1-5H3,(H,33,37)/t29-/m0/s1. The lowest BCUT2D eigenvalue weighted by atomic mass is 10.1. The molecule has 1 atom stereocenters. The van der Waals surface area contributed by atoms with E-state index in [2.05, 4.69) is 5.32 Å². The fourth-order valence-electron chi connectivity index (χ4n) is 4.62. The van der Waals surface area contributed by atoms with E-state index in [0.717, 1.165) is 35.1 Å². The molecule has 8 heteroatoms. The molecule has 0 aliphatic rings. The van der Waals surface area contributed by atoms with E-state index in [-0.39, 0.29) is 17.3 Å². The topological polar surface area (TPSA) is 86.8 Å². The summed E-state index contributed by atoms with van der Waals surface area (Å²) in [5.41, 5.74) is 3.94. The van der Waals surface area contributed by atoms with Gasteiger partial charge < -0.3 is 10.2 Å². The van der Waals surface area contributed by atoms with Crippen molar-refractivity contribution >= 4 is 27.5 Å². The minimum atomic E-state index is -4.09. The van der Waals surface area contributed by atoms with E-state index in [4.69, 9.17) is 0 Å². The van der Waals surface area contributed by atoms with E-state index in [0.29, 0.717) is 18.7 Å². The Bertz CT molecular complexity index is 1410. The summed E-state index contributed by atoms with van der Waals surface area (Å²) in [6, 6.07) is 20.6. The van der Waals surface area contributed by atoms with Crippen molar-refractivity contribution in [3.8, 4) is 0 Å². The third kappa shape index (κ3) is 7.50. The number of rotatable bonds is 13. The van der Waals surface area contributed by atoms with Gasteiger partial charge in [-0.3, -0.25) is 13.9 Å². The van der Waals surface area contributed by atoms with Gasteiger partial charge in [-0.2, -0.15) is 0 Å². The van der Waals surface area contributed by atoms with Crippen molar-refractivity contribution in [1.82, 2.24) is 10.2 Å². The van der Waals surface area contributed by atoms with Gasteiger partial charge in [0.05, 0.1) is 10.6 Å². The molecule has 2 amide bonds. The molecular weight excluding hydrogens is 522 g/mol. The molecule has 0 spiro atoms. The summed E-state index contributed by atoms with van der Waals surface area (Å²) in [4.78, 5) is 29.1. The fraction of sp³-hybridized carbons (Fsp3) is 0.375. The third-order valence-corrected chi connectivity index (χ3v) is 8.83. The summed E-state index contributed by atoms with van der Waals surface area (Å²) in [7, 11) is -4.09. The monoisotopic (exact) mass is 563 g/mol. The van der Waals surface area contributed by atoms with Gasteiger partial charge >= 0.3 is 0 Å². The van der Waals surface area contributed by atoms with E-state index < -0.39 is 28.5 Å². The Morgan fingerprint density at radius 1 is 0.875 bits per heavy atom. The molecule has 1 N–H and O–H groups in total. The van der Waals surface area contributed by atoms with Crippen molar-refractivity contribution < 1.29 is 18.0 Å². The molecule has 0 aliphatic heterocycles. The zero-order valence-corrected chi connectivity index (χ0v) is 25.0. The van der Waals surface area contributed by atoms with Gasteiger partial charge in [-0.1, -0.05) is 74.9 Å². The number of benzene rings is 3. The predicted octanol–water partition coefficient (Wildman–Crippen LogP) is 5.53. The van der Waals surface area contributed by atoms with E-state index in [1.54, 1.807) is 24.3 Å². The van der Waals surface area contributed by atoms with Gasteiger partial charge in [-0.15, -0.1) is 0 Å². The minimum absolute atomic E-state index is 0.0958. The van der Waals surface area contributed by atoms with Crippen molar-refractivity contribution in [2.24, 2.45) is 0 Å². The molecule has 0 aliphatic carbocycles. The molecule has 0 saturated heterocycles. The van der Waals surface area contributed by atoms with Crippen molar-refractivity contribution in [1.29, 1.82) is 0 Å². The zero-order valence-electron chi connectivity index (χ0n) is 24.2. The quantitative estimate of drug-likeness (QED) is 0.277. The first-order chi connectivity index (χ1) is 19.1. The van der Waals surface area contributed by atoms with E-state index in [1.165, 1.54) is 21.3 Å². The Kier molecular flexibility index (Phi) is 10.9. The van der Waals surface area contributed by atoms with Crippen LogP contribution in [0.4, 0.5) is 5.69 Å². The van der Waals surface area contributed by atoms with Gasteiger partial charge in [0.2, 0.25) is 11.8 Å². The number of carbonyl (C=O) groups is 2. The summed E-state index contributed by atoms with van der Waals surface area (Å²) in [5, 5.41) is 2.96. The maximum absolute atomic E-state index is 14.2. The highest BCUT2D eigenvalue weighted by Gasteiger charge is 2.34. The van der Waals surface area contributed by atoms with Crippen LogP contribution >= 0.6 is 0 Å². The molecule has 0 bridgehead atoms. The Labute approximate surface area is 239 Å². The van der Waals surface area contributed by atoms with Crippen molar-refractivity contribution in [3.05, 3.63) is 95.1 Å². The largest absolute Gasteiger partial charge is 0.354 e. The average molecular weight is 564 g/mol. The van der Waals surface area contributed by atoms with Gasteiger partial charge in [0.25, 0.3) is 10.0 Å². The summed E-state index contributed by atoms with van der Waals surface area (Å²) < 4.78 is 29.2. The molecule has 0 radical (unpaired) electrons. The average Bonchev–Trinajstić information content (AvgIpc) is 2.94. The van der Waals surface area contributed by atoms with E-state index in [1.807, 2.05) is 71.0 Å². The Hall–Kier alpha value is -3.65. The highest BCUT2D eigenvalue weighted by molar-refractivity contribution is 7.92. The number of sulfonamides is 1. The molecule has 0 heterocycles. The molecule has 40 heavy (non-hydrogen) atoms. The Balaban J connectivity index is 2.07. The number of carbonyl (C=O) groups excluding carboxylic acids is 2. The molecule has 0 unspecified atom stereocenters. The maximum Gasteiger partial charge on any atom is 0.264 e. The first-order valence-corrected chi connectivity index (χ1v) is 15.3. The lowest BCUT2D eigenvalue weighted by Crippen LogP contribution is -2.52. The fourth-order valence-corrected chi connectivity index (χ4v) is 6.11. The number of unbranched alkanes of at least 4 members (excludes halogenated alkanes) is 1. The maximum atomic E-state index is 14.2. The molecule has 214 valence electrons. The second-order valence-electron chi connectivity index (χ2n) is 10.1. The van der Waals surface area contributed by atoms with Crippen LogP contribution in [0.25, 0.3) is 0 Å². The summed E-state index contributed by atoms with van der Waals surface area (Å²) in [6.07, 6.45) is 2.17. The van der Waals surface area contributed by atoms with Crippen LogP contribution in [0.2, 0.25) is 0 Å². The highest BCUT2D eigenvalue weighted by atomic mass is 32.2. The number of aryl methyl sites for hydroxylation is 3. The number of nitrogens with zero attached hydrogens (tertiary/aromatic N) is 2. The smallest absolute Gasteiger partial charge is 0.264 e. The van der Waals surface area contributed by atoms with Gasteiger partial charge in [0.1, 0.15) is 12.6 Å². The molecule has 7 nitrogen and oxygen atoms in total. The van der Waals surface area contributed by atoms with Crippen LogP contribution in [-0.2, 0) is 26.2 Å². The number of hydrogen-bond donors (Lipinski definition) is 1. The van der Waals surface area contributed by atoms with Crippen molar-refractivity contribution in [3.63, 3.8) is 0 Å². The van der Waals surface area contributed by atoms with Crippen LogP contribution in [0.3, 0.4) is 0 Å². The van der Waals surface area contributed by atoms with Crippen LogP contribution in [0.5, 0.6) is 0 Å². The number of hydrogen-bond acceptors (Lipinski definition) is 4. The Morgan fingerprint density at radius 2 is 1.55 bits per heavy atom. The molecular formula is C32H41N3O4S. The zero-order chi connectivity index (χ0) is 29.3. The van der Waals surface area contributed by atoms with E-state index >= 15 is 0 Å². The van der Waals surface area contributed by atoms with Gasteiger partial charge in [0.15, 0.2) is 0 Å². The number of nitrogens with one attached hydrogen (secondary N) is 1. The molecule has 0 aromatic heterocycles. The second-order valence-corrected chi connectivity index (χ2v) is 12.0. The normalized spacial score (nSPS) is 12.0. The lowest BCUT2D eigenvalue weighted by Gasteiger charge is -2.34. The summed E-state index contributed by atoms with van der Waals surface area (Å²) >= 11 is 0. The predicted molar refractivity (Wildman–Crippen MR) is 161 cm³/mol. The Morgan fingerprint density at radius 3 is 2.20 bits per heavy atom. The summed E-state index contributed by atoms with van der Waals surface area (Å²) in [6.45, 7) is 9.86. The number of amides is 2. The van der Waals surface area contributed by atoms with Crippen molar-refractivity contribution in [2.45, 2.75) is 71.4 Å². The first kappa shape index (κ1) is 30.9. The van der Waals surface area contributed by atoms with Gasteiger partial charge in [-0.25, -0.2) is 8.42 Å². The lowest BCUT2D eigenvalue weighted by molar-refractivity contribution is -0.140. The van der Waals surface area contributed by atoms with Crippen LogP contribution < -0.4 is 9.62 Å². The second kappa shape index (κ2) is 14.1. The number of anilines is 1. The molecule has 3 aromatic rings. The SMILES string of the molecule is CCCCNC(=O)[C@H](CC)N(Cc1ccccc1C)C(=O)CN(c1cc(C)ccc1C)S(=O)(=O)c1ccccc1. The highest BCUT2D eigenvalue weighted by Crippen LogP contribution is 2.28. The molecule has 3 rings (SSSR count). The molecule has 3 aromatic carbocycles. The molecule has 0 fully saturated rings. The van der Waals surface area contributed by atoms with Crippen LogP contribution in [-0.4, -0.2) is 44.3 Å². The van der Waals surface area contributed by atoms with Gasteiger partial charge in [-0.05, 0) is 74.1 Å². The summed E-state index contributed by atoms with van der Waals surface area (Å²) in [5.74, 6) is -0.678. The van der Waals surface area contributed by atoms with Crippen LogP contribution in [0.15, 0.2) is 77.7 Å².